The van der Waals surface area contributed by atoms with Gasteiger partial charge in [-0.15, -0.1) is 0 Å². The van der Waals surface area contributed by atoms with E-state index >= 15 is 8.78 Å². The Hall–Kier alpha value is -2.72. The molecular formula is C23H11BrF2O. The lowest BCUT2D eigenvalue weighted by Crippen LogP contribution is -2.11. The van der Waals surface area contributed by atoms with Gasteiger partial charge in [0.2, 0.25) is 0 Å². The number of halogens is 3. The fourth-order valence-corrected chi connectivity index (χ4v) is 4.73. The van der Waals surface area contributed by atoms with Gasteiger partial charge in [-0.2, -0.15) is 8.78 Å². The zero-order chi connectivity index (χ0) is 18.3. The van der Waals surface area contributed by atoms with E-state index in [1.165, 1.54) is 6.07 Å². The summed E-state index contributed by atoms with van der Waals surface area (Å²) in [6.45, 7) is 0. The number of rotatable bonds is 0. The second kappa shape index (κ2) is 4.96. The topological polar surface area (TPSA) is 13.1 Å². The van der Waals surface area contributed by atoms with Crippen LogP contribution in [-0.4, -0.2) is 0 Å². The molecule has 1 heterocycles. The van der Waals surface area contributed by atoms with Crippen LogP contribution in [0.5, 0.6) is 0 Å². The van der Waals surface area contributed by atoms with E-state index in [1.807, 2.05) is 54.6 Å². The highest BCUT2D eigenvalue weighted by Gasteiger charge is 2.48. The van der Waals surface area contributed by atoms with Gasteiger partial charge in [0, 0.05) is 26.4 Å². The molecule has 0 aliphatic heterocycles. The lowest BCUT2D eigenvalue weighted by atomic mass is 9.93. The Labute approximate surface area is 161 Å². The van der Waals surface area contributed by atoms with Gasteiger partial charge < -0.3 is 4.42 Å². The van der Waals surface area contributed by atoms with Crippen LogP contribution in [0, 0.1) is 0 Å². The van der Waals surface area contributed by atoms with Gasteiger partial charge >= 0.3 is 5.92 Å². The average Bonchev–Trinajstić information content (AvgIpc) is 3.16. The van der Waals surface area contributed by atoms with E-state index in [4.69, 9.17) is 4.42 Å². The standard InChI is InChI=1S/C23H11BrF2O/c24-12-9-10-15-17(11-12)23(25,26)21-19(15)13-5-1-2-6-14(13)20-16-7-3-4-8-18(16)27-22(20)21/h1-11H. The zero-order valence-corrected chi connectivity index (χ0v) is 15.5. The third-order valence-electron chi connectivity index (χ3n) is 5.44. The third kappa shape index (κ3) is 1.81. The number of alkyl halides is 2. The molecule has 0 N–H and O–H groups in total. The molecule has 27 heavy (non-hydrogen) atoms. The summed E-state index contributed by atoms with van der Waals surface area (Å²) in [5.74, 6) is -3.12. The fourth-order valence-electron chi connectivity index (χ4n) is 4.36. The molecule has 0 saturated heterocycles. The SMILES string of the molecule is FC1(F)c2cc(Br)ccc2-c2c1c1oc3ccccc3c1c1ccccc21. The van der Waals surface area contributed by atoms with E-state index in [1.54, 1.807) is 6.07 Å². The minimum absolute atomic E-state index is 0.0185. The van der Waals surface area contributed by atoms with Crippen molar-refractivity contribution in [2.45, 2.75) is 5.92 Å². The third-order valence-corrected chi connectivity index (χ3v) is 5.93. The van der Waals surface area contributed by atoms with E-state index in [9.17, 15) is 0 Å². The Bertz CT molecular complexity index is 1410. The van der Waals surface area contributed by atoms with Crippen LogP contribution < -0.4 is 0 Å². The van der Waals surface area contributed by atoms with Crippen molar-refractivity contribution in [2.75, 3.05) is 0 Å². The molecule has 1 aliphatic carbocycles. The van der Waals surface area contributed by atoms with Crippen LogP contribution >= 0.6 is 15.9 Å². The lowest BCUT2D eigenvalue weighted by Gasteiger charge is -2.13. The van der Waals surface area contributed by atoms with Crippen LogP contribution in [0.3, 0.4) is 0 Å². The highest BCUT2D eigenvalue weighted by Crippen LogP contribution is 2.57. The number of para-hydroxylation sites is 1. The van der Waals surface area contributed by atoms with Crippen molar-refractivity contribution in [3.8, 4) is 11.1 Å². The largest absolute Gasteiger partial charge is 0.455 e. The maximum atomic E-state index is 15.6. The highest BCUT2D eigenvalue weighted by molar-refractivity contribution is 9.10. The van der Waals surface area contributed by atoms with E-state index in [2.05, 4.69) is 15.9 Å². The first-order valence-corrected chi connectivity index (χ1v) is 9.41. The van der Waals surface area contributed by atoms with Crippen molar-refractivity contribution < 1.29 is 13.2 Å². The van der Waals surface area contributed by atoms with E-state index in [-0.39, 0.29) is 16.7 Å². The number of fused-ring (bicyclic) bond motifs is 10. The van der Waals surface area contributed by atoms with Gasteiger partial charge in [-0.1, -0.05) is 64.5 Å². The molecule has 0 amide bonds. The monoisotopic (exact) mass is 420 g/mol. The summed E-state index contributed by atoms with van der Waals surface area (Å²) in [5, 5.41) is 3.38. The average molecular weight is 421 g/mol. The van der Waals surface area contributed by atoms with Crippen LogP contribution in [0.4, 0.5) is 8.78 Å². The van der Waals surface area contributed by atoms with Gasteiger partial charge in [-0.3, -0.25) is 0 Å². The van der Waals surface area contributed by atoms with E-state index in [0.717, 1.165) is 21.5 Å². The lowest BCUT2D eigenvalue weighted by molar-refractivity contribution is 0.0487. The Morgan fingerprint density at radius 2 is 1.52 bits per heavy atom. The predicted molar refractivity (Wildman–Crippen MR) is 107 cm³/mol. The highest BCUT2D eigenvalue weighted by atomic mass is 79.9. The van der Waals surface area contributed by atoms with Gasteiger partial charge in [-0.25, -0.2) is 0 Å². The predicted octanol–water partition coefficient (Wildman–Crippen LogP) is 7.62. The van der Waals surface area contributed by atoms with Crippen molar-refractivity contribution >= 4 is 48.6 Å². The zero-order valence-electron chi connectivity index (χ0n) is 13.9. The molecular weight excluding hydrogens is 410 g/mol. The molecule has 0 spiro atoms. The van der Waals surface area contributed by atoms with Crippen molar-refractivity contribution in [1.29, 1.82) is 0 Å². The quantitative estimate of drug-likeness (QED) is 0.251. The van der Waals surface area contributed by atoms with Crippen LogP contribution in [0.25, 0.3) is 43.8 Å². The molecule has 4 heteroatoms. The fraction of sp³-hybridized carbons (Fsp3) is 0.0435. The minimum atomic E-state index is -3.12. The number of hydrogen-bond acceptors (Lipinski definition) is 1. The van der Waals surface area contributed by atoms with Crippen LogP contribution in [0.2, 0.25) is 0 Å². The molecule has 0 atom stereocenters. The normalized spacial score (nSPS) is 14.8. The van der Waals surface area contributed by atoms with Crippen molar-refractivity contribution in [2.24, 2.45) is 0 Å². The van der Waals surface area contributed by atoms with Gasteiger partial charge in [-0.05, 0) is 34.5 Å². The molecule has 5 aromatic rings. The Morgan fingerprint density at radius 3 is 2.33 bits per heavy atom. The Kier molecular flexibility index (Phi) is 2.82. The Morgan fingerprint density at radius 1 is 0.815 bits per heavy atom. The molecule has 0 radical (unpaired) electrons. The summed E-state index contributed by atoms with van der Waals surface area (Å²) < 4.78 is 37.9. The maximum absolute atomic E-state index is 15.6. The van der Waals surface area contributed by atoms with Gasteiger partial charge in [0.25, 0.3) is 0 Å². The first-order valence-electron chi connectivity index (χ1n) is 8.62. The first-order chi connectivity index (χ1) is 13.1. The molecule has 1 aliphatic rings. The molecule has 4 aromatic carbocycles. The molecule has 0 saturated carbocycles. The minimum Gasteiger partial charge on any atom is -0.455 e. The first kappa shape index (κ1) is 15.3. The molecule has 1 nitrogen and oxygen atoms in total. The summed E-state index contributed by atoms with van der Waals surface area (Å²) in [5.41, 5.74) is 2.04. The smallest absolute Gasteiger partial charge is 0.303 e. The van der Waals surface area contributed by atoms with Crippen molar-refractivity contribution in [1.82, 2.24) is 0 Å². The summed E-state index contributed by atoms with van der Waals surface area (Å²) in [6.07, 6.45) is 0. The van der Waals surface area contributed by atoms with Gasteiger partial charge in [0.05, 0.1) is 5.56 Å². The van der Waals surface area contributed by atoms with Crippen molar-refractivity contribution in [3.63, 3.8) is 0 Å². The van der Waals surface area contributed by atoms with Gasteiger partial charge in [0.1, 0.15) is 11.2 Å². The Balaban J connectivity index is 1.95. The molecule has 0 fully saturated rings. The summed E-state index contributed by atoms with van der Waals surface area (Å²) in [6, 6.07) is 20.3. The van der Waals surface area contributed by atoms with Crippen molar-refractivity contribution in [3.05, 3.63) is 82.3 Å². The molecule has 6 rings (SSSR count). The second-order valence-corrected chi connectivity index (χ2v) is 7.78. The summed E-state index contributed by atoms with van der Waals surface area (Å²) >= 11 is 3.33. The second-order valence-electron chi connectivity index (χ2n) is 6.86. The van der Waals surface area contributed by atoms with Gasteiger partial charge in [0.15, 0.2) is 0 Å². The van der Waals surface area contributed by atoms with E-state index in [0.29, 0.717) is 21.2 Å². The van der Waals surface area contributed by atoms with E-state index < -0.39 is 5.92 Å². The number of benzene rings is 4. The number of furan rings is 1. The van der Waals surface area contributed by atoms with Crippen LogP contribution in [-0.2, 0) is 5.92 Å². The molecule has 130 valence electrons. The van der Waals surface area contributed by atoms with Crippen LogP contribution in [0.1, 0.15) is 11.1 Å². The summed E-state index contributed by atoms with van der Waals surface area (Å²) in [7, 11) is 0. The molecule has 0 bridgehead atoms. The maximum Gasteiger partial charge on any atom is 0.303 e. The summed E-state index contributed by atoms with van der Waals surface area (Å²) in [4.78, 5) is 0. The molecule has 0 unspecified atom stereocenters. The molecule has 1 aromatic heterocycles. The number of hydrogen-bond donors (Lipinski definition) is 0. The van der Waals surface area contributed by atoms with Crippen LogP contribution in [0.15, 0.2) is 75.6 Å².